The fourth-order valence-electron chi connectivity index (χ4n) is 9.06. The largest absolute Gasteiger partial charge is 0.472 e. The number of aliphatic hydroxyl groups excluding tert-OH is 5. The van der Waals surface area contributed by atoms with Gasteiger partial charge in [-0.05, 0) is 51.4 Å². The average Bonchev–Trinajstić information content (AvgIpc) is 3.36. The van der Waals surface area contributed by atoms with E-state index in [1.54, 1.807) is 0 Å². The van der Waals surface area contributed by atoms with Gasteiger partial charge in [0.25, 0.3) is 0 Å². The van der Waals surface area contributed by atoms with Crippen LogP contribution in [0.15, 0.2) is 36.5 Å². The normalized spacial score (nSPS) is 20.7. The van der Waals surface area contributed by atoms with Crippen LogP contribution in [0.1, 0.15) is 264 Å². The smallest absolute Gasteiger partial charge is 0.462 e. The minimum absolute atomic E-state index is 0.0841. The maximum atomic E-state index is 12.9. The molecule has 0 amide bonds. The van der Waals surface area contributed by atoms with Crippen LogP contribution in [-0.4, -0.2) is 98.3 Å². The van der Waals surface area contributed by atoms with E-state index in [1.807, 2.05) is 0 Å². The molecule has 0 aromatic carbocycles. The molecule has 422 valence electrons. The van der Waals surface area contributed by atoms with Gasteiger partial charge in [-0.15, -0.1) is 0 Å². The van der Waals surface area contributed by atoms with Crippen LogP contribution in [0, 0.1) is 0 Å². The van der Waals surface area contributed by atoms with Crippen molar-refractivity contribution in [3.63, 3.8) is 0 Å². The van der Waals surface area contributed by atoms with Gasteiger partial charge in [0.2, 0.25) is 0 Å². The SMILES string of the molecule is CCCCC/C=C\C/C=C\C/C=C\CCCCCCCCC(=O)OC(COC(=O)CCCCCCCCCCCCCCCCCCCCCCCCCC)COP(=O)(O)OC1C(O)C(O)C(O)C(O)C1O. The average molecular weight is 1040 g/mol. The Morgan fingerprint density at radius 3 is 1.17 bits per heavy atom. The van der Waals surface area contributed by atoms with Gasteiger partial charge in [-0.1, -0.05) is 237 Å². The molecule has 1 saturated carbocycles. The van der Waals surface area contributed by atoms with E-state index in [0.717, 1.165) is 70.6 Å². The van der Waals surface area contributed by atoms with E-state index in [9.17, 15) is 44.6 Å². The van der Waals surface area contributed by atoms with Gasteiger partial charge in [0.05, 0.1) is 6.61 Å². The van der Waals surface area contributed by atoms with Gasteiger partial charge in [-0.3, -0.25) is 18.6 Å². The molecular formula is C58H107O13P. The summed E-state index contributed by atoms with van der Waals surface area (Å²) in [6.07, 6.45) is 44.8. The second-order valence-corrected chi connectivity index (χ2v) is 21.9. The summed E-state index contributed by atoms with van der Waals surface area (Å²) >= 11 is 0. The Balaban J connectivity index is 2.32. The Morgan fingerprint density at radius 2 is 0.750 bits per heavy atom. The number of carbonyl (C=O) groups is 2. The van der Waals surface area contributed by atoms with Crippen molar-refractivity contribution in [3.8, 4) is 0 Å². The highest BCUT2D eigenvalue weighted by Crippen LogP contribution is 2.47. The van der Waals surface area contributed by atoms with Crippen LogP contribution < -0.4 is 0 Å². The lowest BCUT2D eigenvalue weighted by Crippen LogP contribution is -2.64. The van der Waals surface area contributed by atoms with Crippen LogP contribution in [-0.2, 0) is 32.7 Å². The number of hydrogen-bond donors (Lipinski definition) is 6. The zero-order valence-electron chi connectivity index (χ0n) is 45.5. The molecule has 1 fully saturated rings. The highest BCUT2D eigenvalue weighted by Gasteiger charge is 2.51. The first-order valence-corrected chi connectivity index (χ1v) is 30.8. The summed E-state index contributed by atoms with van der Waals surface area (Å²) in [5.74, 6) is -1.10. The molecule has 0 aromatic heterocycles. The second-order valence-electron chi connectivity index (χ2n) is 20.5. The van der Waals surface area contributed by atoms with Crippen LogP contribution in [0.3, 0.4) is 0 Å². The van der Waals surface area contributed by atoms with E-state index in [1.165, 1.54) is 154 Å². The third-order valence-corrected chi connectivity index (χ3v) is 14.7. The first-order chi connectivity index (χ1) is 34.9. The molecule has 1 aliphatic carbocycles. The van der Waals surface area contributed by atoms with Gasteiger partial charge >= 0.3 is 19.8 Å². The van der Waals surface area contributed by atoms with Crippen LogP contribution in [0.5, 0.6) is 0 Å². The topological polar surface area (TPSA) is 210 Å². The Hall–Kier alpha value is -1.93. The van der Waals surface area contributed by atoms with E-state index in [-0.39, 0.29) is 12.8 Å². The minimum Gasteiger partial charge on any atom is -0.462 e. The van der Waals surface area contributed by atoms with Crippen molar-refractivity contribution < 1.29 is 63.1 Å². The van der Waals surface area contributed by atoms with E-state index in [2.05, 4.69) is 50.3 Å². The first-order valence-electron chi connectivity index (χ1n) is 29.3. The maximum Gasteiger partial charge on any atom is 0.472 e. The number of phosphoric acid groups is 1. The number of hydrogen-bond acceptors (Lipinski definition) is 12. The van der Waals surface area contributed by atoms with E-state index in [4.69, 9.17) is 18.5 Å². The molecule has 0 aliphatic heterocycles. The van der Waals surface area contributed by atoms with E-state index >= 15 is 0 Å². The number of allylic oxidation sites excluding steroid dienone is 6. The number of aliphatic hydroxyl groups is 5. The molecule has 0 radical (unpaired) electrons. The number of rotatable bonds is 50. The van der Waals surface area contributed by atoms with Crippen LogP contribution in [0.2, 0.25) is 0 Å². The van der Waals surface area contributed by atoms with Gasteiger partial charge in [0.1, 0.15) is 43.2 Å². The van der Waals surface area contributed by atoms with Crippen molar-refractivity contribution in [2.24, 2.45) is 0 Å². The summed E-state index contributed by atoms with van der Waals surface area (Å²) in [5, 5.41) is 50.4. The third-order valence-electron chi connectivity index (χ3n) is 13.7. The number of ether oxygens (including phenoxy) is 2. The predicted molar refractivity (Wildman–Crippen MR) is 290 cm³/mol. The minimum atomic E-state index is -5.13. The summed E-state index contributed by atoms with van der Waals surface area (Å²) < 4.78 is 33.7. The van der Waals surface area contributed by atoms with Gasteiger partial charge in [0.15, 0.2) is 6.10 Å². The van der Waals surface area contributed by atoms with E-state index in [0.29, 0.717) is 12.8 Å². The molecule has 72 heavy (non-hydrogen) atoms. The third kappa shape index (κ3) is 38.6. The highest BCUT2D eigenvalue weighted by atomic mass is 31.2. The van der Waals surface area contributed by atoms with E-state index < -0.39 is 75.7 Å². The van der Waals surface area contributed by atoms with Crippen LogP contribution >= 0.6 is 7.82 Å². The fraction of sp³-hybridized carbons (Fsp3) is 0.862. The first kappa shape index (κ1) is 68.1. The molecule has 0 saturated heterocycles. The Labute approximate surface area is 438 Å². The second kappa shape index (κ2) is 47.5. The van der Waals surface area contributed by atoms with Crippen LogP contribution in [0.25, 0.3) is 0 Å². The van der Waals surface area contributed by atoms with Gasteiger partial charge in [-0.25, -0.2) is 4.57 Å². The fourth-order valence-corrected chi connectivity index (χ4v) is 10.0. The molecule has 14 heteroatoms. The zero-order chi connectivity index (χ0) is 52.8. The zero-order valence-corrected chi connectivity index (χ0v) is 46.4. The molecule has 0 spiro atoms. The lowest BCUT2D eigenvalue weighted by Gasteiger charge is -2.41. The summed E-state index contributed by atoms with van der Waals surface area (Å²) in [7, 11) is -5.13. The molecule has 1 aliphatic rings. The molecule has 1 rings (SSSR count). The van der Waals surface area contributed by atoms with Gasteiger partial charge in [0, 0.05) is 12.8 Å². The molecule has 0 aromatic rings. The van der Waals surface area contributed by atoms with Crippen molar-refractivity contribution in [2.45, 2.75) is 307 Å². The monoisotopic (exact) mass is 1040 g/mol. The van der Waals surface area contributed by atoms with Crippen molar-refractivity contribution in [1.29, 1.82) is 0 Å². The number of carbonyl (C=O) groups excluding carboxylic acids is 2. The summed E-state index contributed by atoms with van der Waals surface area (Å²) in [4.78, 5) is 36.0. The summed E-state index contributed by atoms with van der Waals surface area (Å²) in [6.45, 7) is 3.32. The Kier molecular flexibility index (Phi) is 44.9. The summed E-state index contributed by atoms with van der Waals surface area (Å²) in [6, 6.07) is 0. The lowest BCUT2D eigenvalue weighted by atomic mass is 9.85. The number of esters is 2. The molecule has 6 N–H and O–H groups in total. The molecular weight excluding hydrogens is 936 g/mol. The molecule has 6 unspecified atom stereocenters. The van der Waals surface area contributed by atoms with Crippen molar-refractivity contribution in [1.82, 2.24) is 0 Å². The Morgan fingerprint density at radius 1 is 0.431 bits per heavy atom. The van der Waals surface area contributed by atoms with Crippen molar-refractivity contribution in [2.75, 3.05) is 13.2 Å². The Bertz CT molecular complexity index is 1390. The predicted octanol–water partition coefficient (Wildman–Crippen LogP) is 13.7. The summed E-state index contributed by atoms with van der Waals surface area (Å²) in [5.41, 5.74) is 0. The molecule has 0 bridgehead atoms. The number of phosphoric ester groups is 1. The van der Waals surface area contributed by atoms with Crippen molar-refractivity contribution in [3.05, 3.63) is 36.5 Å². The van der Waals surface area contributed by atoms with Crippen LogP contribution in [0.4, 0.5) is 0 Å². The quantitative estimate of drug-likeness (QED) is 0.0145. The number of unbranched alkanes of at least 4 members (excludes halogenated alkanes) is 32. The molecule has 13 nitrogen and oxygen atoms in total. The highest BCUT2D eigenvalue weighted by molar-refractivity contribution is 7.47. The molecule has 6 atom stereocenters. The van der Waals surface area contributed by atoms with Gasteiger partial charge in [-0.2, -0.15) is 0 Å². The van der Waals surface area contributed by atoms with Gasteiger partial charge < -0.3 is 39.9 Å². The molecule has 0 heterocycles. The maximum absolute atomic E-state index is 12.9. The van der Waals surface area contributed by atoms with Crippen molar-refractivity contribution >= 4 is 19.8 Å². The standard InChI is InChI=1S/C58H107O13P/c1-3-5-7-9-11-13-15-17-19-21-23-24-25-26-27-29-30-32-34-36-38-40-42-44-46-51(59)68-48-50(49-69-72(66,67)71-58-56(64)54(62)53(61)55(63)57(58)65)70-52(60)47-45-43-41-39-37-35-33-31-28-22-20-18-16-14-12-10-8-6-4-2/h12,14,18,20,28,31,50,53-58,61-65H,3-11,13,15-17,19,21-27,29-30,32-49H2,1-2H3,(H,66,67)/b14-12-,20-18-,31-28-. The lowest BCUT2D eigenvalue weighted by molar-refractivity contribution is -0.220.